The van der Waals surface area contributed by atoms with Crippen molar-refractivity contribution in [3.8, 4) is 5.75 Å². The highest BCUT2D eigenvalue weighted by molar-refractivity contribution is 5.96. The number of hydrogen-bond donors (Lipinski definition) is 0. The minimum atomic E-state index is -0.0427. The van der Waals surface area contributed by atoms with Crippen molar-refractivity contribution in [2.45, 2.75) is 25.4 Å². The Morgan fingerprint density at radius 2 is 2.12 bits per heavy atom. The molecule has 0 N–H and O–H groups in total. The van der Waals surface area contributed by atoms with Gasteiger partial charge in [0.05, 0.1) is 11.7 Å². The summed E-state index contributed by atoms with van der Waals surface area (Å²) in [7, 11) is 1.81. The average molecular weight is 340 g/mol. The largest absolute Gasteiger partial charge is 0.490 e. The van der Waals surface area contributed by atoms with Crippen LogP contribution in [0.1, 0.15) is 28.9 Å². The molecule has 1 amide bonds. The first-order chi connectivity index (χ1) is 12.2. The van der Waals surface area contributed by atoms with Crippen LogP contribution in [0, 0.1) is 0 Å². The van der Waals surface area contributed by atoms with E-state index in [1.807, 2.05) is 49.5 Å². The van der Waals surface area contributed by atoms with Crippen LogP contribution in [0.15, 0.2) is 48.7 Å². The lowest BCUT2D eigenvalue weighted by Gasteiger charge is -2.19. The third-order valence-electron chi connectivity index (χ3n) is 4.34. The molecule has 1 aromatic carbocycles. The van der Waals surface area contributed by atoms with Gasteiger partial charge >= 0.3 is 0 Å². The van der Waals surface area contributed by atoms with Gasteiger partial charge in [-0.3, -0.25) is 9.78 Å². The van der Waals surface area contributed by atoms with E-state index >= 15 is 0 Å². The predicted molar refractivity (Wildman–Crippen MR) is 95.8 cm³/mol. The monoisotopic (exact) mass is 340 g/mol. The normalized spacial score (nSPS) is 16.6. The Morgan fingerprint density at radius 3 is 2.88 bits per heavy atom. The van der Waals surface area contributed by atoms with Crippen LogP contribution >= 0.6 is 0 Å². The van der Waals surface area contributed by atoms with Crippen LogP contribution in [0.3, 0.4) is 0 Å². The maximum absolute atomic E-state index is 12.8. The number of amides is 1. The molecule has 5 nitrogen and oxygen atoms in total. The Morgan fingerprint density at radius 1 is 1.28 bits per heavy atom. The molecule has 0 bridgehead atoms. The first-order valence-electron chi connectivity index (χ1n) is 8.73. The smallest absolute Gasteiger partial charge is 0.257 e. The molecule has 2 aromatic rings. The molecule has 25 heavy (non-hydrogen) atoms. The highest BCUT2D eigenvalue weighted by atomic mass is 16.5. The molecular weight excluding hydrogens is 316 g/mol. The van der Waals surface area contributed by atoms with Crippen molar-refractivity contribution < 1.29 is 14.3 Å². The molecule has 0 saturated carbocycles. The highest BCUT2D eigenvalue weighted by Crippen LogP contribution is 2.21. The van der Waals surface area contributed by atoms with Crippen LogP contribution in [0.5, 0.6) is 5.75 Å². The molecule has 1 fully saturated rings. The number of nitrogens with zero attached hydrogens (tertiary/aromatic N) is 2. The van der Waals surface area contributed by atoms with Crippen LogP contribution in [0.2, 0.25) is 0 Å². The average Bonchev–Trinajstić information content (AvgIpc) is 3.18. The van der Waals surface area contributed by atoms with E-state index in [9.17, 15) is 4.79 Å². The zero-order chi connectivity index (χ0) is 17.5. The van der Waals surface area contributed by atoms with Crippen molar-refractivity contribution in [2.24, 2.45) is 0 Å². The van der Waals surface area contributed by atoms with Gasteiger partial charge in [-0.15, -0.1) is 0 Å². The summed E-state index contributed by atoms with van der Waals surface area (Å²) in [5.41, 5.74) is 1.56. The SMILES string of the molecule is CN(CCc1ccccn1)C(=O)c1ccccc1OCC1CCCO1. The second kappa shape index (κ2) is 8.62. The first-order valence-corrected chi connectivity index (χ1v) is 8.73. The Kier molecular flexibility index (Phi) is 6.01. The zero-order valence-corrected chi connectivity index (χ0v) is 14.6. The molecule has 0 aliphatic carbocycles. The van der Waals surface area contributed by atoms with E-state index in [4.69, 9.17) is 9.47 Å². The molecule has 1 aliphatic heterocycles. The molecule has 3 rings (SSSR count). The van der Waals surface area contributed by atoms with Crippen molar-refractivity contribution in [1.82, 2.24) is 9.88 Å². The van der Waals surface area contributed by atoms with E-state index in [1.165, 1.54) is 0 Å². The molecular formula is C20H24N2O3. The third-order valence-corrected chi connectivity index (χ3v) is 4.34. The fraction of sp³-hybridized carbons (Fsp3) is 0.400. The molecule has 0 radical (unpaired) electrons. The van der Waals surface area contributed by atoms with Gasteiger partial charge in [-0.05, 0) is 37.1 Å². The van der Waals surface area contributed by atoms with Gasteiger partial charge in [0, 0.05) is 38.5 Å². The van der Waals surface area contributed by atoms with Gasteiger partial charge in [-0.2, -0.15) is 0 Å². The topological polar surface area (TPSA) is 51.7 Å². The van der Waals surface area contributed by atoms with Crippen molar-refractivity contribution in [3.05, 3.63) is 59.9 Å². The number of aromatic nitrogens is 1. The second-order valence-corrected chi connectivity index (χ2v) is 6.24. The summed E-state index contributed by atoms with van der Waals surface area (Å²) < 4.78 is 11.5. The lowest BCUT2D eigenvalue weighted by atomic mass is 10.1. The number of pyridine rings is 1. The van der Waals surface area contributed by atoms with Crippen LogP contribution < -0.4 is 4.74 Å². The van der Waals surface area contributed by atoms with Crippen molar-refractivity contribution >= 4 is 5.91 Å². The van der Waals surface area contributed by atoms with Crippen LogP contribution in [-0.4, -0.2) is 48.7 Å². The minimum absolute atomic E-state index is 0.0427. The van der Waals surface area contributed by atoms with Crippen LogP contribution in [0.25, 0.3) is 0 Å². The molecule has 1 aliphatic rings. The minimum Gasteiger partial charge on any atom is -0.490 e. The standard InChI is InChI=1S/C20H24N2O3/c1-22(13-11-16-7-4-5-12-21-16)20(23)18-9-2-3-10-19(18)25-15-17-8-6-14-24-17/h2-5,7,9-10,12,17H,6,8,11,13-15H2,1H3. The third kappa shape index (κ3) is 4.79. The van der Waals surface area contributed by atoms with Crippen molar-refractivity contribution in [3.63, 3.8) is 0 Å². The van der Waals surface area contributed by atoms with E-state index in [2.05, 4.69) is 4.98 Å². The number of benzene rings is 1. The Bertz CT molecular complexity index is 684. The molecule has 5 heteroatoms. The second-order valence-electron chi connectivity index (χ2n) is 6.24. The van der Waals surface area contributed by atoms with Gasteiger partial charge in [-0.25, -0.2) is 0 Å². The number of hydrogen-bond acceptors (Lipinski definition) is 4. The van der Waals surface area contributed by atoms with E-state index < -0.39 is 0 Å². The number of carbonyl (C=O) groups excluding carboxylic acids is 1. The molecule has 1 unspecified atom stereocenters. The highest BCUT2D eigenvalue weighted by Gasteiger charge is 2.20. The van der Waals surface area contributed by atoms with Gasteiger partial charge in [0.2, 0.25) is 0 Å². The number of carbonyl (C=O) groups is 1. The molecule has 1 atom stereocenters. The van der Waals surface area contributed by atoms with E-state index in [1.54, 1.807) is 11.1 Å². The summed E-state index contributed by atoms with van der Waals surface area (Å²) in [6, 6.07) is 13.2. The van der Waals surface area contributed by atoms with Gasteiger partial charge in [0.25, 0.3) is 5.91 Å². The number of likely N-dealkylation sites (N-methyl/N-ethyl adjacent to an activating group) is 1. The van der Waals surface area contributed by atoms with Crippen molar-refractivity contribution in [1.29, 1.82) is 0 Å². The maximum Gasteiger partial charge on any atom is 0.257 e. The molecule has 132 valence electrons. The predicted octanol–water partition coefficient (Wildman–Crippen LogP) is 2.95. The van der Waals surface area contributed by atoms with Gasteiger partial charge in [0.1, 0.15) is 12.4 Å². The fourth-order valence-electron chi connectivity index (χ4n) is 2.86. The van der Waals surface area contributed by atoms with Crippen LogP contribution in [0.4, 0.5) is 0 Å². The Hall–Kier alpha value is -2.40. The van der Waals surface area contributed by atoms with Gasteiger partial charge in [0.15, 0.2) is 0 Å². The lowest BCUT2D eigenvalue weighted by molar-refractivity contribution is 0.0658. The molecule has 0 spiro atoms. The van der Waals surface area contributed by atoms with E-state index in [0.29, 0.717) is 24.5 Å². The lowest BCUT2D eigenvalue weighted by Crippen LogP contribution is -2.29. The van der Waals surface area contributed by atoms with Crippen molar-refractivity contribution in [2.75, 3.05) is 26.8 Å². The number of para-hydroxylation sites is 1. The Labute approximate surface area is 148 Å². The maximum atomic E-state index is 12.8. The fourth-order valence-corrected chi connectivity index (χ4v) is 2.86. The quantitative estimate of drug-likeness (QED) is 0.778. The summed E-state index contributed by atoms with van der Waals surface area (Å²) in [5.74, 6) is 0.576. The van der Waals surface area contributed by atoms with E-state index in [0.717, 1.165) is 31.6 Å². The van der Waals surface area contributed by atoms with Gasteiger partial charge < -0.3 is 14.4 Å². The summed E-state index contributed by atoms with van der Waals surface area (Å²) in [5, 5.41) is 0. The summed E-state index contributed by atoms with van der Waals surface area (Å²) in [6.45, 7) is 1.89. The zero-order valence-electron chi connectivity index (χ0n) is 14.6. The number of rotatable bonds is 7. The molecule has 1 aromatic heterocycles. The summed E-state index contributed by atoms with van der Waals surface area (Å²) in [4.78, 5) is 18.8. The van der Waals surface area contributed by atoms with Gasteiger partial charge in [-0.1, -0.05) is 18.2 Å². The van der Waals surface area contributed by atoms with Crippen LogP contribution in [-0.2, 0) is 11.2 Å². The first kappa shape index (κ1) is 17.4. The number of ether oxygens (including phenoxy) is 2. The molecule has 1 saturated heterocycles. The van der Waals surface area contributed by atoms with E-state index in [-0.39, 0.29) is 12.0 Å². The summed E-state index contributed by atoms with van der Waals surface area (Å²) in [6.07, 6.45) is 4.71. The molecule has 2 heterocycles. The summed E-state index contributed by atoms with van der Waals surface area (Å²) >= 11 is 0. The Balaban J connectivity index is 1.60.